The van der Waals surface area contributed by atoms with Gasteiger partial charge in [0.15, 0.2) is 0 Å². The Morgan fingerprint density at radius 3 is 2.26 bits per heavy atom. The number of nitrogens with zero attached hydrogens (tertiary/aromatic N) is 1. The Balaban J connectivity index is 1.31. The first-order chi connectivity index (χ1) is 16.1. The van der Waals surface area contributed by atoms with Crippen LogP contribution < -0.4 is 5.32 Å². The van der Waals surface area contributed by atoms with Gasteiger partial charge < -0.3 is 20.1 Å². The molecular weight excluding hydrogens is 432 g/mol. The van der Waals surface area contributed by atoms with Crippen molar-refractivity contribution >= 4 is 18.0 Å². The number of aliphatic carboxylic acids is 1. The first-order valence-electron chi connectivity index (χ1n) is 11.8. The summed E-state index contributed by atoms with van der Waals surface area (Å²) >= 11 is 0. The SMILES string of the molecule is CC(C)(CCNC(=O)OCC1c2ccccc2-c2ccccc21)C(=O)N1CCCC1(C)C(=O)O. The second kappa shape index (κ2) is 9.12. The highest BCUT2D eigenvalue weighted by molar-refractivity contribution is 5.90. The Morgan fingerprint density at radius 1 is 1.09 bits per heavy atom. The number of fused-ring (bicyclic) bond motifs is 3. The minimum absolute atomic E-state index is 0.0139. The highest BCUT2D eigenvalue weighted by atomic mass is 16.5. The quantitative estimate of drug-likeness (QED) is 0.633. The summed E-state index contributed by atoms with van der Waals surface area (Å²) < 4.78 is 5.56. The van der Waals surface area contributed by atoms with Gasteiger partial charge in [-0.05, 0) is 48.4 Å². The number of benzene rings is 2. The number of rotatable bonds is 7. The van der Waals surface area contributed by atoms with Gasteiger partial charge in [0.25, 0.3) is 0 Å². The standard InChI is InChI=1S/C27H32N2O5/c1-26(2,23(30)29-16-8-13-27(29,3)24(31)32)14-15-28-25(33)34-17-22-20-11-6-4-9-18(20)19-10-5-7-12-21(19)22/h4-7,9-12,22H,8,13-17H2,1-3H3,(H,28,33)(H,31,32). The number of carboxylic acids is 1. The average molecular weight is 465 g/mol. The van der Waals surface area contributed by atoms with Crippen LogP contribution in [0.15, 0.2) is 48.5 Å². The summed E-state index contributed by atoms with van der Waals surface area (Å²) in [5.41, 5.74) is 2.66. The molecule has 0 radical (unpaired) electrons. The van der Waals surface area contributed by atoms with Gasteiger partial charge in [-0.1, -0.05) is 62.4 Å². The molecule has 2 aromatic carbocycles. The summed E-state index contributed by atoms with van der Waals surface area (Å²) in [5.74, 6) is -1.20. The van der Waals surface area contributed by atoms with Gasteiger partial charge in [0.2, 0.25) is 5.91 Å². The van der Waals surface area contributed by atoms with Gasteiger partial charge in [0, 0.05) is 24.4 Å². The lowest BCUT2D eigenvalue weighted by atomic mass is 9.86. The largest absolute Gasteiger partial charge is 0.480 e. The van der Waals surface area contributed by atoms with E-state index in [1.807, 2.05) is 24.3 Å². The second-order valence-corrected chi connectivity index (χ2v) is 10.0. The van der Waals surface area contributed by atoms with Gasteiger partial charge in [0.05, 0.1) is 0 Å². The van der Waals surface area contributed by atoms with Crippen molar-refractivity contribution in [2.75, 3.05) is 19.7 Å². The summed E-state index contributed by atoms with van der Waals surface area (Å²) in [6.07, 6.45) is 0.967. The van der Waals surface area contributed by atoms with Crippen LogP contribution in [0.3, 0.4) is 0 Å². The normalized spacial score (nSPS) is 19.4. The number of amides is 2. The third kappa shape index (κ3) is 4.27. The van der Waals surface area contributed by atoms with E-state index in [1.165, 1.54) is 16.0 Å². The molecule has 2 amide bonds. The number of hydrogen-bond acceptors (Lipinski definition) is 4. The van der Waals surface area contributed by atoms with Gasteiger partial charge >= 0.3 is 12.1 Å². The first kappa shape index (κ1) is 23.8. The lowest BCUT2D eigenvalue weighted by Gasteiger charge is -2.37. The van der Waals surface area contributed by atoms with E-state index < -0.39 is 23.0 Å². The van der Waals surface area contributed by atoms with Crippen molar-refractivity contribution in [1.82, 2.24) is 10.2 Å². The minimum Gasteiger partial charge on any atom is -0.480 e. The van der Waals surface area contributed by atoms with Crippen LogP contribution in [0, 0.1) is 5.41 Å². The molecule has 1 saturated heterocycles. The molecule has 1 unspecified atom stereocenters. The molecular formula is C27H32N2O5. The van der Waals surface area contributed by atoms with E-state index in [0.717, 1.165) is 11.1 Å². The van der Waals surface area contributed by atoms with E-state index in [4.69, 9.17) is 4.74 Å². The van der Waals surface area contributed by atoms with E-state index in [1.54, 1.807) is 20.8 Å². The van der Waals surface area contributed by atoms with Crippen LogP contribution in [0.1, 0.15) is 57.1 Å². The van der Waals surface area contributed by atoms with Gasteiger partial charge in [-0.15, -0.1) is 0 Å². The third-order valence-electron chi connectivity index (χ3n) is 7.29. The minimum atomic E-state index is -1.17. The Labute approximate surface area is 200 Å². The number of alkyl carbamates (subject to hydrolysis) is 1. The first-order valence-corrected chi connectivity index (χ1v) is 11.8. The highest BCUT2D eigenvalue weighted by Gasteiger charge is 2.49. The van der Waals surface area contributed by atoms with E-state index in [2.05, 4.69) is 29.6 Å². The van der Waals surface area contributed by atoms with Crippen LogP contribution in [0.5, 0.6) is 0 Å². The molecule has 1 aliphatic carbocycles. The Bertz CT molecular complexity index is 1070. The molecule has 1 heterocycles. The molecule has 7 nitrogen and oxygen atoms in total. The molecule has 180 valence electrons. The molecule has 34 heavy (non-hydrogen) atoms. The summed E-state index contributed by atoms with van der Waals surface area (Å²) in [4.78, 5) is 38.7. The number of nitrogens with one attached hydrogen (secondary N) is 1. The predicted octanol–water partition coefficient (Wildman–Crippen LogP) is 4.41. The molecule has 2 aliphatic rings. The van der Waals surface area contributed by atoms with E-state index in [-0.39, 0.29) is 25.0 Å². The predicted molar refractivity (Wildman–Crippen MR) is 128 cm³/mol. The van der Waals surface area contributed by atoms with Crippen LogP contribution in [0.2, 0.25) is 0 Å². The maximum Gasteiger partial charge on any atom is 0.407 e. The van der Waals surface area contributed by atoms with Crippen LogP contribution in [-0.2, 0) is 14.3 Å². The average Bonchev–Trinajstić information content (AvgIpc) is 3.36. The van der Waals surface area contributed by atoms with E-state index >= 15 is 0 Å². The van der Waals surface area contributed by atoms with Crippen molar-refractivity contribution < 1.29 is 24.2 Å². The maximum atomic E-state index is 13.1. The van der Waals surface area contributed by atoms with Gasteiger partial charge in [-0.25, -0.2) is 9.59 Å². The van der Waals surface area contributed by atoms with Gasteiger partial charge in [0.1, 0.15) is 12.1 Å². The van der Waals surface area contributed by atoms with Crippen LogP contribution in [0.25, 0.3) is 11.1 Å². The number of hydrogen-bond donors (Lipinski definition) is 2. The van der Waals surface area contributed by atoms with Gasteiger partial charge in [-0.2, -0.15) is 0 Å². The lowest BCUT2D eigenvalue weighted by molar-refractivity contribution is -0.159. The number of likely N-dealkylation sites (tertiary alicyclic amines) is 1. The topological polar surface area (TPSA) is 95.9 Å². The Kier molecular flexibility index (Phi) is 6.39. The zero-order valence-corrected chi connectivity index (χ0v) is 20.0. The number of carbonyl (C=O) groups excluding carboxylic acids is 2. The smallest absolute Gasteiger partial charge is 0.407 e. The van der Waals surface area contributed by atoms with Crippen molar-refractivity contribution in [1.29, 1.82) is 0 Å². The monoisotopic (exact) mass is 464 g/mol. The molecule has 0 spiro atoms. The molecule has 1 atom stereocenters. The number of ether oxygens (including phenoxy) is 1. The molecule has 0 saturated carbocycles. The summed E-state index contributed by atoms with van der Waals surface area (Å²) in [5, 5.41) is 12.4. The van der Waals surface area contributed by atoms with Crippen molar-refractivity contribution in [2.24, 2.45) is 5.41 Å². The number of carboxylic acid groups (broad SMARTS) is 1. The summed E-state index contributed by atoms with van der Waals surface area (Å²) in [7, 11) is 0. The van der Waals surface area contributed by atoms with Crippen LogP contribution in [-0.4, -0.2) is 53.2 Å². The molecule has 1 fully saturated rings. The maximum absolute atomic E-state index is 13.1. The third-order valence-corrected chi connectivity index (χ3v) is 7.29. The fourth-order valence-electron chi connectivity index (χ4n) is 5.11. The Morgan fingerprint density at radius 2 is 1.68 bits per heavy atom. The van der Waals surface area contributed by atoms with Crippen LogP contribution in [0.4, 0.5) is 4.79 Å². The second-order valence-electron chi connectivity index (χ2n) is 10.0. The summed E-state index contributed by atoms with van der Waals surface area (Å²) in [6.45, 7) is 6.10. The van der Waals surface area contributed by atoms with E-state index in [0.29, 0.717) is 25.8 Å². The highest BCUT2D eigenvalue weighted by Crippen LogP contribution is 2.44. The van der Waals surface area contributed by atoms with Crippen molar-refractivity contribution in [2.45, 2.75) is 51.5 Å². The number of carbonyl (C=O) groups is 3. The van der Waals surface area contributed by atoms with Crippen molar-refractivity contribution in [3.05, 3.63) is 59.7 Å². The van der Waals surface area contributed by atoms with Crippen LogP contribution >= 0.6 is 0 Å². The molecule has 2 aromatic rings. The fourth-order valence-corrected chi connectivity index (χ4v) is 5.11. The van der Waals surface area contributed by atoms with E-state index in [9.17, 15) is 19.5 Å². The zero-order valence-electron chi connectivity index (χ0n) is 20.0. The van der Waals surface area contributed by atoms with Crippen molar-refractivity contribution in [3.8, 4) is 11.1 Å². The lowest BCUT2D eigenvalue weighted by Crippen LogP contribution is -2.54. The molecule has 0 bridgehead atoms. The Hall–Kier alpha value is -3.35. The molecule has 7 heteroatoms. The molecule has 2 N–H and O–H groups in total. The summed E-state index contributed by atoms with van der Waals surface area (Å²) in [6, 6.07) is 16.3. The van der Waals surface area contributed by atoms with Gasteiger partial charge in [-0.3, -0.25) is 4.79 Å². The molecule has 1 aliphatic heterocycles. The van der Waals surface area contributed by atoms with Crippen molar-refractivity contribution in [3.63, 3.8) is 0 Å². The molecule has 4 rings (SSSR count). The molecule has 0 aromatic heterocycles. The zero-order chi connectivity index (χ0) is 24.5. The fraction of sp³-hybridized carbons (Fsp3) is 0.444.